The number of anilines is 1. The van der Waals surface area contributed by atoms with Gasteiger partial charge in [-0.2, -0.15) is 0 Å². The zero-order valence-corrected chi connectivity index (χ0v) is 12.9. The first-order valence-electron chi connectivity index (χ1n) is 7.00. The van der Waals surface area contributed by atoms with Gasteiger partial charge in [0.25, 0.3) is 0 Å². The number of carbonyl (C=O) groups excluding carboxylic acids is 1. The summed E-state index contributed by atoms with van der Waals surface area (Å²) in [7, 11) is 0. The highest BCUT2D eigenvalue weighted by atomic mass is 16.5. The molecule has 1 aromatic carbocycles. The van der Waals surface area contributed by atoms with Gasteiger partial charge in [-0.3, -0.25) is 0 Å². The van der Waals surface area contributed by atoms with Gasteiger partial charge in [-0.15, -0.1) is 0 Å². The molecule has 0 spiro atoms. The highest BCUT2D eigenvalue weighted by Crippen LogP contribution is 2.23. The number of esters is 1. The van der Waals surface area contributed by atoms with Crippen molar-refractivity contribution in [2.45, 2.75) is 27.4 Å². The molecule has 0 bridgehead atoms. The van der Waals surface area contributed by atoms with E-state index in [2.05, 4.69) is 9.97 Å². The molecule has 0 atom stereocenters. The number of aryl methyl sites for hydroxylation is 2. The topological polar surface area (TPSA) is 87.3 Å². The zero-order chi connectivity index (χ0) is 16.1. The Morgan fingerprint density at radius 3 is 2.55 bits per heavy atom. The van der Waals surface area contributed by atoms with E-state index >= 15 is 0 Å². The SMILES string of the molecule is CCOC(=O)c1cnc(COc2c(C)cccc2C)nc1N. The molecule has 0 saturated carbocycles. The molecular formula is C16H19N3O3. The normalized spacial score (nSPS) is 10.3. The van der Waals surface area contributed by atoms with E-state index in [1.54, 1.807) is 6.92 Å². The second kappa shape index (κ2) is 6.89. The summed E-state index contributed by atoms with van der Waals surface area (Å²) in [5.74, 6) is 0.781. The van der Waals surface area contributed by atoms with E-state index in [1.807, 2.05) is 32.0 Å². The molecule has 116 valence electrons. The predicted molar refractivity (Wildman–Crippen MR) is 82.6 cm³/mol. The molecule has 2 N–H and O–H groups in total. The Hall–Kier alpha value is -2.63. The van der Waals surface area contributed by atoms with Crippen LogP contribution in [0.1, 0.15) is 34.2 Å². The van der Waals surface area contributed by atoms with Gasteiger partial charge in [0.15, 0.2) is 5.82 Å². The van der Waals surface area contributed by atoms with Crippen LogP contribution < -0.4 is 10.5 Å². The summed E-state index contributed by atoms with van der Waals surface area (Å²) in [6, 6.07) is 5.92. The predicted octanol–water partition coefficient (Wildman–Crippen LogP) is 2.43. The summed E-state index contributed by atoms with van der Waals surface area (Å²) in [6.45, 7) is 6.12. The third kappa shape index (κ3) is 3.52. The van der Waals surface area contributed by atoms with Crippen LogP contribution in [0.4, 0.5) is 5.82 Å². The monoisotopic (exact) mass is 301 g/mol. The van der Waals surface area contributed by atoms with Gasteiger partial charge in [-0.25, -0.2) is 14.8 Å². The fraction of sp³-hybridized carbons (Fsp3) is 0.312. The summed E-state index contributed by atoms with van der Waals surface area (Å²) >= 11 is 0. The highest BCUT2D eigenvalue weighted by Gasteiger charge is 2.14. The van der Waals surface area contributed by atoms with Crippen molar-refractivity contribution in [1.82, 2.24) is 9.97 Å². The van der Waals surface area contributed by atoms with Gasteiger partial charge in [-0.05, 0) is 31.9 Å². The van der Waals surface area contributed by atoms with E-state index in [4.69, 9.17) is 15.2 Å². The molecule has 0 amide bonds. The maximum atomic E-state index is 11.6. The summed E-state index contributed by atoms with van der Waals surface area (Å²) in [4.78, 5) is 19.8. The number of nitrogens with zero attached hydrogens (tertiary/aromatic N) is 2. The van der Waals surface area contributed by atoms with E-state index in [1.165, 1.54) is 6.20 Å². The van der Waals surface area contributed by atoms with Gasteiger partial charge in [-0.1, -0.05) is 18.2 Å². The van der Waals surface area contributed by atoms with Crippen LogP contribution in [-0.4, -0.2) is 22.5 Å². The molecule has 0 aliphatic rings. The van der Waals surface area contributed by atoms with Crippen molar-refractivity contribution >= 4 is 11.8 Å². The second-order valence-corrected chi connectivity index (χ2v) is 4.82. The lowest BCUT2D eigenvalue weighted by Gasteiger charge is -2.11. The smallest absolute Gasteiger partial charge is 0.343 e. The Morgan fingerprint density at radius 1 is 1.27 bits per heavy atom. The molecule has 0 radical (unpaired) electrons. The molecule has 2 aromatic rings. The molecule has 0 aliphatic carbocycles. The maximum absolute atomic E-state index is 11.6. The minimum absolute atomic E-state index is 0.0913. The molecule has 6 nitrogen and oxygen atoms in total. The van der Waals surface area contributed by atoms with Crippen LogP contribution in [-0.2, 0) is 11.3 Å². The maximum Gasteiger partial charge on any atom is 0.343 e. The number of hydrogen-bond acceptors (Lipinski definition) is 6. The number of benzene rings is 1. The third-order valence-electron chi connectivity index (χ3n) is 3.12. The van der Waals surface area contributed by atoms with Gasteiger partial charge >= 0.3 is 5.97 Å². The molecule has 0 unspecified atom stereocenters. The van der Waals surface area contributed by atoms with Crippen LogP contribution in [0, 0.1) is 13.8 Å². The van der Waals surface area contributed by atoms with Crippen LogP contribution in [0.5, 0.6) is 5.75 Å². The van der Waals surface area contributed by atoms with E-state index in [9.17, 15) is 4.79 Å². The molecular weight excluding hydrogens is 282 g/mol. The number of carbonyl (C=O) groups is 1. The van der Waals surface area contributed by atoms with Crippen molar-refractivity contribution < 1.29 is 14.3 Å². The lowest BCUT2D eigenvalue weighted by molar-refractivity contribution is 0.0526. The largest absolute Gasteiger partial charge is 0.485 e. The van der Waals surface area contributed by atoms with Crippen molar-refractivity contribution in [2.75, 3.05) is 12.3 Å². The first kappa shape index (κ1) is 15.8. The summed E-state index contributed by atoms with van der Waals surface area (Å²) in [5, 5.41) is 0. The first-order valence-corrected chi connectivity index (χ1v) is 7.00. The zero-order valence-electron chi connectivity index (χ0n) is 12.9. The molecule has 0 aliphatic heterocycles. The van der Waals surface area contributed by atoms with E-state index in [-0.39, 0.29) is 24.6 Å². The Balaban J connectivity index is 2.11. The number of hydrogen-bond donors (Lipinski definition) is 1. The Bertz CT molecular complexity index is 666. The molecule has 2 rings (SSSR count). The minimum Gasteiger partial charge on any atom is -0.485 e. The second-order valence-electron chi connectivity index (χ2n) is 4.82. The number of ether oxygens (including phenoxy) is 2. The van der Waals surface area contributed by atoms with Gasteiger partial charge < -0.3 is 15.2 Å². The first-order chi connectivity index (χ1) is 10.5. The number of rotatable bonds is 5. The molecule has 1 aromatic heterocycles. The Kier molecular flexibility index (Phi) is 4.93. The number of aromatic nitrogens is 2. The van der Waals surface area contributed by atoms with E-state index in [0.29, 0.717) is 5.82 Å². The van der Waals surface area contributed by atoms with Crippen molar-refractivity contribution in [3.63, 3.8) is 0 Å². The number of nitrogen functional groups attached to an aromatic ring is 1. The van der Waals surface area contributed by atoms with Crippen molar-refractivity contribution in [1.29, 1.82) is 0 Å². The van der Waals surface area contributed by atoms with E-state index < -0.39 is 5.97 Å². The van der Waals surface area contributed by atoms with Crippen LogP contribution in [0.25, 0.3) is 0 Å². The van der Waals surface area contributed by atoms with Crippen LogP contribution >= 0.6 is 0 Å². The number of para-hydroxylation sites is 1. The molecule has 22 heavy (non-hydrogen) atoms. The summed E-state index contributed by atoms with van der Waals surface area (Å²) < 4.78 is 10.6. The summed E-state index contributed by atoms with van der Waals surface area (Å²) in [6.07, 6.45) is 1.36. The van der Waals surface area contributed by atoms with E-state index in [0.717, 1.165) is 16.9 Å². The van der Waals surface area contributed by atoms with Crippen molar-refractivity contribution in [3.8, 4) is 5.75 Å². The molecule has 1 heterocycles. The number of nitrogens with two attached hydrogens (primary N) is 1. The van der Waals surface area contributed by atoms with Crippen LogP contribution in [0.3, 0.4) is 0 Å². The van der Waals surface area contributed by atoms with Crippen LogP contribution in [0.2, 0.25) is 0 Å². The van der Waals surface area contributed by atoms with Gasteiger partial charge in [0.05, 0.1) is 6.61 Å². The molecule has 0 fully saturated rings. The van der Waals surface area contributed by atoms with Gasteiger partial charge in [0, 0.05) is 6.20 Å². The highest BCUT2D eigenvalue weighted by molar-refractivity contribution is 5.93. The molecule has 0 saturated heterocycles. The van der Waals surface area contributed by atoms with Gasteiger partial charge in [0.2, 0.25) is 0 Å². The average molecular weight is 301 g/mol. The van der Waals surface area contributed by atoms with Gasteiger partial charge in [0.1, 0.15) is 23.7 Å². The molecule has 6 heteroatoms. The Labute approximate surface area is 129 Å². The van der Waals surface area contributed by atoms with Crippen LogP contribution in [0.15, 0.2) is 24.4 Å². The Morgan fingerprint density at radius 2 is 1.95 bits per heavy atom. The third-order valence-corrected chi connectivity index (χ3v) is 3.12. The quantitative estimate of drug-likeness (QED) is 0.853. The lowest BCUT2D eigenvalue weighted by Crippen LogP contribution is -2.13. The van der Waals surface area contributed by atoms with Crippen molar-refractivity contribution in [2.24, 2.45) is 0 Å². The summed E-state index contributed by atoms with van der Waals surface area (Å²) in [5.41, 5.74) is 8.01. The fourth-order valence-corrected chi connectivity index (χ4v) is 2.03. The fourth-order valence-electron chi connectivity index (χ4n) is 2.03. The average Bonchev–Trinajstić information content (AvgIpc) is 2.47. The standard InChI is InChI=1S/C16H19N3O3/c1-4-21-16(20)12-8-18-13(19-15(12)17)9-22-14-10(2)6-5-7-11(14)3/h5-8H,4,9H2,1-3H3,(H2,17,18,19). The lowest BCUT2D eigenvalue weighted by atomic mass is 10.1. The minimum atomic E-state index is -0.526. The van der Waals surface area contributed by atoms with Crippen molar-refractivity contribution in [3.05, 3.63) is 46.9 Å².